The second-order valence-electron chi connectivity index (χ2n) is 5.21. The molecule has 0 aromatic heterocycles. The Kier molecular flexibility index (Phi) is 5.46. The summed E-state index contributed by atoms with van der Waals surface area (Å²) in [6.45, 7) is 7.47. The third-order valence-corrected chi connectivity index (χ3v) is 5.03. The topological polar surface area (TPSA) is 15.3 Å². The van der Waals surface area contributed by atoms with Gasteiger partial charge in [0.15, 0.2) is 0 Å². The van der Waals surface area contributed by atoms with E-state index >= 15 is 0 Å². The summed E-state index contributed by atoms with van der Waals surface area (Å²) in [6, 6.07) is 0.889. The van der Waals surface area contributed by atoms with E-state index in [1.165, 1.54) is 63.4 Å². The van der Waals surface area contributed by atoms with Gasteiger partial charge >= 0.3 is 0 Å². The molecule has 0 amide bonds. The number of thioether (sulfide) groups is 1. The smallest absolute Gasteiger partial charge is 0.0194 e. The standard InChI is InChI=1S/C13H26N2S/c1-2-8-15(13-5-9-16-11-13)10-12-3-6-14-7-4-12/h12-14H,2-11H2,1H3. The van der Waals surface area contributed by atoms with Crippen molar-refractivity contribution in [2.24, 2.45) is 5.92 Å². The summed E-state index contributed by atoms with van der Waals surface area (Å²) in [5.41, 5.74) is 0. The number of hydrogen-bond donors (Lipinski definition) is 1. The van der Waals surface area contributed by atoms with Crippen LogP contribution in [0.1, 0.15) is 32.6 Å². The Morgan fingerprint density at radius 2 is 2.06 bits per heavy atom. The maximum absolute atomic E-state index is 3.47. The molecule has 2 rings (SSSR count). The molecule has 0 bridgehead atoms. The zero-order valence-electron chi connectivity index (χ0n) is 10.6. The molecule has 2 aliphatic heterocycles. The van der Waals surface area contributed by atoms with Gasteiger partial charge in [0.25, 0.3) is 0 Å². The van der Waals surface area contributed by atoms with Crippen molar-refractivity contribution >= 4 is 11.8 Å². The Morgan fingerprint density at radius 1 is 1.25 bits per heavy atom. The van der Waals surface area contributed by atoms with Gasteiger partial charge < -0.3 is 5.32 Å². The maximum atomic E-state index is 3.47. The predicted molar refractivity (Wildman–Crippen MR) is 73.2 cm³/mol. The molecule has 1 atom stereocenters. The number of hydrogen-bond acceptors (Lipinski definition) is 3. The first-order valence-corrected chi connectivity index (χ1v) is 8.08. The van der Waals surface area contributed by atoms with Gasteiger partial charge in [-0.05, 0) is 57.0 Å². The fourth-order valence-electron chi connectivity index (χ4n) is 2.92. The SMILES string of the molecule is CCCN(CC1CCNCC1)C1CCSC1. The quantitative estimate of drug-likeness (QED) is 0.796. The average molecular weight is 242 g/mol. The molecule has 16 heavy (non-hydrogen) atoms. The highest BCUT2D eigenvalue weighted by molar-refractivity contribution is 7.99. The van der Waals surface area contributed by atoms with Gasteiger partial charge in [-0.25, -0.2) is 0 Å². The van der Waals surface area contributed by atoms with Crippen LogP contribution in [0, 0.1) is 5.92 Å². The van der Waals surface area contributed by atoms with Crippen LogP contribution in [0.5, 0.6) is 0 Å². The van der Waals surface area contributed by atoms with Crippen LogP contribution in [0.4, 0.5) is 0 Å². The lowest BCUT2D eigenvalue weighted by Crippen LogP contribution is -2.42. The molecule has 2 saturated heterocycles. The molecule has 3 heteroatoms. The lowest BCUT2D eigenvalue weighted by molar-refractivity contribution is 0.163. The maximum Gasteiger partial charge on any atom is 0.0194 e. The third-order valence-electron chi connectivity index (χ3n) is 3.88. The minimum Gasteiger partial charge on any atom is -0.317 e. The van der Waals surface area contributed by atoms with E-state index in [0.29, 0.717) is 0 Å². The van der Waals surface area contributed by atoms with E-state index in [4.69, 9.17) is 0 Å². The van der Waals surface area contributed by atoms with E-state index < -0.39 is 0 Å². The molecular weight excluding hydrogens is 216 g/mol. The summed E-state index contributed by atoms with van der Waals surface area (Å²) in [7, 11) is 0. The molecule has 2 heterocycles. The molecule has 0 aromatic rings. The minimum absolute atomic E-state index is 0.889. The number of nitrogens with one attached hydrogen (secondary N) is 1. The van der Waals surface area contributed by atoms with Crippen LogP contribution in [0.3, 0.4) is 0 Å². The summed E-state index contributed by atoms with van der Waals surface area (Å²) in [5.74, 6) is 3.72. The van der Waals surface area contributed by atoms with Gasteiger partial charge in [-0.3, -0.25) is 4.90 Å². The zero-order valence-corrected chi connectivity index (χ0v) is 11.4. The predicted octanol–water partition coefficient (Wildman–Crippen LogP) is 2.20. The fraction of sp³-hybridized carbons (Fsp3) is 1.00. The summed E-state index contributed by atoms with van der Waals surface area (Å²) in [5, 5.41) is 3.47. The minimum atomic E-state index is 0.889. The van der Waals surface area contributed by atoms with Gasteiger partial charge in [0.1, 0.15) is 0 Å². The van der Waals surface area contributed by atoms with Gasteiger partial charge in [-0.15, -0.1) is 0 Å². The van der Waals surface area contributed by atoms with Gasteiger partial charge in [0, 0.05) is 18.3 Å². The van der Waals surface area contributed by atoms with Crippen molar-refractivity contribution in [3.63, 3.8) is 0 Å². The molecule has 0 spiro atoms. The van der Waals surface area contributed by atoms with Crippen LogP contribution < -0.4 is 5.32 Å². The monoisotopic (exact) mass is 242 g/mol. The number of rotatable bonds is 5. The van der Waals surface area contributed by atoms with Crippen molar-refractivity contribution in [1.29, 1.82) is 0 Å². The van der Waals surface area contributed by atoms with E-state index in [0.717, 1.165) is 12.0 Å². The van der Waals surface area contributed by atoms with Crippen molar-refractivity contribution in [3.8, 4) is 0 Å². The average Bonchev–Trinajstić information content (AvgIpc) is 2.83. The van der Waals surface area contributed by atoms with Crippen molar-refractivity contribution in [3.05, 3.63) is 0 Å². The highest BCUT2D eigenvalue weighted by Crippen LogP contribution is 2.24. The second kappa shape index (κ2) is 6.87. The van der Waals surface area contributed by atoms with Gasteiger partial charge in [0.05, 0.1) is 0 Å². The van der Waals surface area contributed by atoms with Gasteiger partial charge in [-0.2, -0.15) is 11.8 Å². The van der Waals surface area contributed by atoms with E-state index in [-0.39, 0.29) is 0 Å². The Bertz CT molecular complexity index is 186. The molecule has 0 aliphatic carbocycles. The van der Waals surface area contributed by atoms with Crippen LogP contribution in [0.2, 0.25) is 0 Å². The Hall–Kier alpha value is 0.270. The van der Waals surface area contributed by atoms with Crippen molar-refractivity contribution in [2.45, 2.75) is 38.6 Å². The molecule has 94 valence electrons. The molecule has 0 aromatic carbocycles. The van der Waals surface area contributed by atoms with E-state index in [9.17, 15) is 0 Å². The molecule has 0 radical (unpaired) electrons. The van der Waals surface area contributed by atoms with E-state index in [2.05, 4.69) is 28.9 Å². The van der Waals surface area contributed by atoms with Crippen LogP contribution in [0.25, 0.3) is 0 Å². The zero-order chi connectivity index (χ0) is 11.2. The third kappa shape index (κ3) is 3.64. The van der Waals surface area contributed by atoms with Gasteiger partial charge in [0.2, 0.25) is 0 Å². The molecule has 2 fully saturated rings. The molecule has 1 N–H and O–H groups in total. The Morgan fingerprint density at radius 3 is 2.69 bits per heavy atom. The molecule has 2 aliphatic rings. The normalized spacial score (nSPS) is 27.8. The van der Waals surface area contributed by atoms with Crippen LogP contribution in [0.15, 0.2) is 0 Å². The summed E-state index contributed by atoms with van der Waals surface area (Å²) in [6.07, 6.45) is 5.52. The Labute approximate surface area is 105 Å². The first-order chi connectivity index (χ1) is 7.90. The Balaban J connectivity index is 1.80. The first kappa shape index (κ1) is 12.7. The van der Waals surface area contributed by atoms with Crippen molar-refractivity contribution < 1.29 is 0 Å². The van der Waals surface area contributed by atoms with Crippen LogP contribution in [-0.2, 0) is 0 Å². The van der Waals surface area contributed by atoms with Crippen LogP contribution in [-0.4, -0.2) is 48.6 Å². The van der Waals surface area contributed by atoms with E-state index in [1.807, 2.05) is 0 Å². The molecular formula is C13H26N2S. The summed E-state index contributed by atoms with van der Waals surface area (Å²) < 4.78 is 0. The lowest BCUT2D eigenvalue weighted by Gasteiger charge is -2.33. The van der Waals surface area contributed by atoms with Crippen molar-refractivity contribution in [2.75, 3.05) is 37.7 Å². The van der Waals surface area contributed by atoms with E-state index in [1.54, 1.807) is 0 Å². The number of nitrogens with zero attached hydrogens (tertiary/aromatic N) is 1. The first-order valence-electron chi connectivity index (χ1n) is 6.92. The second-order valence-corrected chi connectivity index (χ2v) is 6.36. The molecule has 0 saturated carbocycles. The highest BCUT2D eigenvalue weighted by atomic mass is 32.2. The molecule has 1 unspecified atom stereocenters. The van der Waals surface area contributed by atoms with Gasteiger partial charge in [-0.1, -0.05) is 6.92 Å². The largest absolute Gasteiger partial charge is 0.317 e. The lowest BCUT2D eigenvalue weighted by atomic mass is 9.96. The van der Waals surface area contributed by atoms with Crippen molar-refractivity contribution in [1.82, 2.24) is 10.2 Å². The molecule has 2 nitrogen and oxygen atoms in total. The summed E-state index contributed by atoms with van der Waals surface area (Å²) >= 11 is 2.14. The van der Waals surface area contributed by atoms with Crippen LogP contribution >= 0.6 is 11.8 Å². The summed E-state index contributed by atoms with van der Waals surface area (Å²) in [4.78, 5) is 2.79. The number of piperidine rings is 1. The fourth-order valence-corrected chi connectivity index (χ4v) is 4.17. The highest BCUT2D eigenvalue weighted by Gasteiger charge is 2.25.